The Hall–Kier alpha value is -3.57. The van der Waals surface area contributed by atoms with E-state index in [0.717, 1.165) is 16.8 Å². The van der Waals surface area contributed by atoms with Crippen LogP contribution in [0.25, 0.3) is 5.69 Å². The van der Waals surface area contributed by atoms with Crippen LogP contribution >= 0.6 is 23.1 Å². The average Bonchev–Trinajstić information content (AvgIpc) is 3.47. The molecule has 0 saturated heterocycles. The van der Waals surface area contributed by atoms with Gasteiger partial charge >= 0.3 is 0 Å². The van der Waals surface area contributed by atoms with Gasteiger partial charge in [-0.1, -0.05) is 30.0 Å². The summed E-state index contributed by atoms with van der Waals surface area (Å²) in [6, 6.07) is 11.3. The van der Waals surface area contributed by atoms with Crippen molar-refractivity contribution >= 4 is 40.0 Å². The van der Waals surface area contributed by atoms with Gasteiger partial charge in [0.25, 0.3) is 5.91 Å². The van der Waals surface area contributed by atoms with Gasteiger partial charge in [-0.05, 0) is 49.2 Å². The van der Waals surface area contributed by atoms with Crippen LogP contribution in [-0.2, 0) is 11.3 Å². The van der Waals surface area contributed by atoms with Gasteiger partial charge < -0.3 is 10.6 Å². The monoisotopic (exact) mass is 496 g/mol. The molecule has 11 heteroatoms. The summed E-state index contributed by atoms with van der Waals surface area (Å²) in [5, 5.41) is 16.9. The highest BCUT2D eigenvalue weighted by Crippen LogP contribution is 2.26. The fraction of sp³-hybridized carbons (Fsp3) is 0.174. The quantitative estimate of drug-likeness (QED) is 0.356. The molecule has 0 aliphatic carbocycles. The Labute approximate surface area is 203 Å². The van der Waals surface area contributed by atoms with Crippen molar-refractivity contribution < 1.29 is 14.0 Å². The molecule has 0 saturated carbocycles. The molecule has 4 aromatic rings. The van der Waals surface area contributed by atoms with E-state index in [1.54, 1.807) is 11.6 Å². The van der Waals surface area contributed by atoms with Crippen molar-refractivity contribution in [3.8, 4) is 5.69 Å². The van der Waals surface area contributed by atoms with Gasteiger partial charge in [-0.25, -0.2) is 9.37 Å². The second-order valence-electron chi connectivity index (χ2n) is 7.32. The lowest BCUT2D eigenvalue weighted by atomic mass is 10.1. The van der Waals surface area contributed by atoms with Gasteiger partial charge in [-0.15, -0.1) is 21.5 Å². The first-order valence-electron chi connectivity index (χ1n) is 10.3. The normalized spacial score (nSPS) is 10.8. The number of aryl methyl sites for hydroxylation is 1. The zero-order valence-corrected chi connectivity index (χ0v) is 20.0. The van der Waals surface area contributed by atoms with Crippen molar-refractivity contribution in [1.82, 2.24) is 25.1 Å². The van der Waals surface area contributed by atoms with E-state index in [4.69, 9.17) is 0 Å². The maximum Gasteiger partial charge on any atom is 0.251 e. The molecule has 0 unspecified atom stereocenters. The SMILES string of the molecule is Cc1cccc(-n2c(CNC(=O)c3cccc(F)c3)nnc2SCC(=O)Nc2nccs2)c1C. The van der Waals surface area contributed by atoms with E-state index in [-0.39, 0.29) is 23.8 Å². The molecule has 2 aromatic heterocycles. The maximum absolute atomic E-state index is 13.5. The standard InChI is InChI=1S/C23H21FN6O2S2/c1-14-5-3-8-18(15(14)2)30-19(12-26-21(32)16-6-4-7-17(24)11-16)28-29-23(30)34-13-20(31)27-22-25-9-10-33-22/h3-11H,12-13H2,1-2H3,(H,26,32)(H,25,27,31). The lowest BCUT2D eigenvalue weighted by Crippen LogP contribution is -2.25. The molecule has 0 atom stereocenters. The largest absolute Gasteiger partial charge is 0.345 e. The molecule has 0 fully saturated rings. The van der Waals surface area contributed by atoms with Gasteiger partial charge in [0.2, 0.25) is 5.91 Å². The summed E-state index contributed by atoms with van der Waals surface area (Å²) < 4.78 is 15.3. The van der Waals surface area contributed by atoms with Crippen molar-refractivity contribution in [2.75, 3.05) is 11.1 Å². The molecule has 0 aliphatic rings. The lowest BCUT2D eigenvalue weighted by Gasteiger charge is -2.14. The third-order valence-electron chi connectivity index (χ3n) is 5.02. The van der Waals surface area contributed by atoms with Crippen molar-refractivity contribution in [2.24, 2.45) is 0 Å². The first kappa shape index (κ1) is 23.6. The van der Waals surface area contributed by atoms with Crippen LogP contribution in [-0.4, -0.2) is 37.3 Å². The lowest BCUT2D eigenvalue weighted by molar-refractivity contribution is -0.113. The molecule has 2 aromatic carbocycles. The van der Waals surface area contributed by atoms with E-state index >= 15 is 0 Å². The second kappa shape index (κ2) is 10.6. The Morgan fingerprint density at radius 1 is 1.15 bits per heavy atom. The van der Waals surface area contributed by atoms with Gasteiger partial charge in [0, 0.05) is 17.1 Å². The van der Waals surface area contributed by atoms with Crippen LogP contribution in [0.15, 0.2) is 59.2 Å². The minimum Gasteiger partial charge on any atom is -0.345 e. The highest BCUT2D eigenvalue weighted by molar-refractivity contribution is 7.99. The molecule has 34 heavy (non-hydrogen) atoms. The number of nitrogens with zero attached hydrogens (tertiary/aromatic N) is 4. The summed E-state index contributed by atoms with van der Waals surface area (Å²) in [7, 11) is 0. The van der Waals surface area contributed by atoms with Crippen molar-refractivity contribution in [3.05, 3.63) is 82.4 Å². The number of rotatable bonds is 8. The van der Waals surface area contributed by atoms with E-state index in [0.29, 0.717) is 16.1 Å². The van der Waals surface area contributed by atoms with Crippen LogP contribution in [0.1, 0.15) is 27.3 Å². The predicted molar refractivity (Wildman–Crippen MR) is 130 cm³/mol. The fourth-order valence-corrected chi connectivity index (χ4v) is 4.50. The molecule has 2 heterocycles. The zero-order chi connectivity index (χ0) is 24.1. The van der Waals surface area contributed by atoms with Crippen LogP contribution in [0.5, 0.6) is 0 Å². The van der Waals surface area contributed by atoms with E-state index in [1.165, 1.54) is 47.4 Å². The van der Waals surface area contributed by atoms with E-state index < -0.39 is 11.7 Å². The number of thiazole rings is 1. The van der Waals surface area contributed by atoms with Gasteiger partial charge in [0.15, 0.2) is 16.1 Å². The molecule has 2 amide bonds. The highest BCUT2D eigenvalue weighted by atomic mass is 32.2. The maximum atomic E-state index is 13.5. The Bertz CT molecular complexity index is 1320. The number of thioether (sulfide) groups is 1. The number of carbonyl (C=O) groups is 2. The third kappa shape index (κ3) is 5.49. The number of nitrogens with one attached hydrogen (secondary N) is 2. The topological polar surface area (TPSA) is 102 Å². The van der Waals surface area contributed by atoms with Crippen LogP contribution in [0.3, 0.4) is 0 Å². The Morgan fingerprint density at radius 3 is 2.74 bits per heavy atom. The van der Waals surface area contributed by atoms with Crippen molar-refractivity contribution in [2.45, 2.75) is 25.5 Å². The Kier molecular flexibility index (Phi) is 7.33. The number of anilines is 1. The third-order valence-corrected chi connectivity index (χ3v) is 6.64. The van der Waals surface area contributed by atoms with Crippen molar-refractivity contribution in [3.63, 3.8) is 0 Å². The summed E-state index contributed by atoms with van der Waals surface area (Å²) in [6.45, 7) is 4.06. The van der Waals surface area contributed by atoms with Gasteiger partial charge in [0.05, 0.1) is 18.0 Å². The first-order valence-corrected chi connectivity index (χ1v) is 12.2. The molecular formula is C23H21FN6O2S2. The number of aromatic nitrogens is 4. The minimum atomic E-state index is -0.485. The highest BCUT2D eigenvalue weighted by Gasteiger charge is 2.19. The zero-order valence-electron chi connectivity index (χ0n) is 18.4. The summed E-state index contributed by atoms with van der Waals surface area (Å²) >= 11 is 2.57. The number of carbonyl (C=O) groups excluding carboxylic acids is 2. The van der Waals surface area contributed by atoms with Crippen LogP contribution in [0, 0.1) is 19.7 Å². The predicted octanol–water partition coefficient (Wildman–Crippen LogP) is 4.14. The summed E-state index contributed by atoms with van der Waals surface area (Å²) in [4.78, 5) is 28.9. The van der Waals surface area contributed by atoms with Gasteiger partial charge in [-0.2, -0.15) is 0 Å². The molecule has 0 spiro atoms. The molecule has 0 radical (unpaired) electrons. The minimum absolute atomic E-state index is 0.0710. The molecule has 174 valence electrons. The van der Waals surface area contributed by atoms with Crippen LogP contribution < -0.4 is 10.6 Å². The number of hydrogen-bond acceptors (Lipinski definition) is 7. The first-order chi connectivity index (χ1) is 16.4. The number of benzene rings is 2. The smallest absolute Gasteiger partial charge is 0.251 e. The van der Waals surface area contributed by atoms with Gasteiger partial charge in [0.1, 0.15) is 5.82 Å². The second-order valence-corrected chi connectivity index (χ2v) is 9.16. The van der Waals surface area contributed by atoms with E-state index in [2.05, 4.69) is 25.8 Å². The summed E-state index contributed by atoms with van der Waals surface area (Å²) in [5.41, 5.74) is 3.17. The van der Waals surface area contributed by atoms with Gasteiger partial charge in [-0.3, -0.25) is 14.2 Å². The summed E-state index contributed by atoms with van der Waals surface area (Å²) in [5.74, 6) is -0.524. The van der Waals surface area contributed by atoms with Crippen molar-refractivity contribution in [1.29, 1.82) is 0 Å². The number of hydrogen-bond donors (Lipinski definition) is 2. The summed E-state index contributed by atoms with van der Waals surface area (Å²) in [6.07, 6.45) is 1.62. The molecule has 8 nitrogen and oxygen atoms in total. The Morgan fingerprint density at radius 2 is 1.97 bits per heavy atom. The number of halogens is 1. The van der Waals surface area contributed by atoms with E-state index in [9.17, 15) is 14.0 Å². The van der Waals surface area contributed by atoms with Crippen LogP contribution in [0.2, 0.25) is 0 Å². The van der Waals surface area contributed by atoms with Crippen LogP contribution in [0.4, 0.5) is 9.52 Å². The molecular weight excluding hydrogens is 475 g/mol. The molecule has 4 rings (SSSR count). The molecule has 0 bridgehead atoms. The van der Waals surface area contributed by atoms with E-state index in [1.807, 2.05) is 36.6 Å². The molecule has 2 N–H and O–H groups in total. The Balaban J connectivity index is 1.56. The fourth-order valence-electron chi connectivity index (χ4n) is 3.19. The average molecular weight is 497 g/mol. The molecule has 0 aliphatic heterocycles. The number of amides is 2.